The maximum Gasteiger partial charge on any atom is 0.152 e. The quantitative estimate of drug-likeness (QED) is 0.799. The van der Waals surface area contributed by atoms with Crippen molar-refractivity contribution in [3.8, 4) is 0 Å². The first-order valence-corrected chi connectivity index (χ1v) is 5.98. The van der Waals surface area contributed by atoms with E-state index < -0.39 is 0 Å². The van der Waals surface area contributed by atoms with Crippen LogP contribution in [0.25, 0.3) is 0 Å². The molecule has 0 spiro atoms. The van der Waals surface area contributed by atoms with Crippen LogP contribution in [0.2, 0.25) is 0 Å². The summed E-state index contributed by atoms with van der Waals surface area (Å²) in [5.74, 6) is 0.282. The highest BCUT2D eigenvalue weighted by atomic mass is 16.1. The van der Waals surface area contributed by atoms with E-state index in [0.717, 1.165) is 19.3 Å². The number of carbonyl (C=O) groups excluding carboxylic acids is 1. The second kappa shape index (κ2) is 6.44. The van der Waals surface area contributed by atoms with Crippen molar-refractivity contribution in [1.29, 1.82) is 0 Å². The lowest BCUT2D eigenvalue weighted by Crippen LogP contribution is -2.34. The van der Waals surface area contributed by atoms with E-state index in [2.05, 4.69) is 12.1 Å². The van der Waals surface area contributed by atoms with Gasteiger partial charge in [0.25, 0.3) is 0 Å². The third-order valence-electron chi connectivity index (χ3n) is 3.05. The van der Waals surface area contributed by atoms with Crippen LogP contribution < -0.4 is 5.73 Å². The van der Waals surface area contributed by atoms with Gasteiger partial charge in [0.05, 0.1) is 6.04 Å². The molecule has 88 valence electrons. The zero-order valence-electron chi connectivity index (χ0n) is 10.1. The lowest BCUT2D eigenvalue weighted by Gasteiger charge is -2.14. The Morgan fingerprint density at radius 2 is 1.94 bits per heavy atom. The van der Waals surface area contributed by atoms with E-state index in [1.807, 2.05) is 32.0 Å². The molecule has 1 aromatic rings. The Morgan fingerprint density at radius 1 is 1.31 bits per heavy atom. The first kappa shape index (κ1) is 12.9. The van der Waals surface area contributed by atoms with Gasteiger partial charge in [-0.3, -0.25) is 4.79 Å². The average molecular weight is 219 g/mol. The van der Waals surface area contributed by atoms with E-state index in [0.29, 0.717) is 0 Å². The van der Waals surface area contributed by atoms with Crippen molar-refractivity contribution in [2.75, 3.05) is 0 Å². The number of rotatable bonds is 6. The average Bonchev–Trinajstić information content (AvgIpc) is 2.35. The molecule has 1 aromatic carbocycles. The Hall–Kier alpha value is -1.15. The molecule has 2 N–H and O–H groups in total. The molecule has 2 unspecified atom stereocenters. The minimum absolute atomic E-state index is 0.0887. The number of hydrogen-bond acceptors (Lipinski definition) is 2. The van der Waals surface area contributed by atoms with Gasteiger partial charge >= 0.3 is 0 Å². The van der Waals surface area contributed by atoms with E-state index in [1.165, 1.54) is 5.56 Å². The molecule has 0 bridgehead atoms. The largest absolute Gasteiger partial charge is 0.321 e. The summed E-state index contributed by atoms with van der Waals surface area (Å²) in [5, 5.41) is 0. The summed E-state index contributed by atoms with van der Waals surface area (Å²) in [6.45, 7) is 3.97. The monoisotopic (exact) mass is 219 g/mol. The number of hydrogen-bond donors (Lipinski definition) is 1. The summed E-state index contributed by atoms with van der Waals surface area (Å²) in [4.78, 5) is 11.8. The summed E-state index contributed by atoms with van der Waals surface area (Å²) >= 11 is 0. The summed E-state index contributed by atoms with van der Waals surface area (Å²) in [6.07, 6.45) is 2.50. The predicted octanol–water partition coefficient (Wildman–Crippen LogP) is 2.56. The van der Waals surface area contributed by atoms with Gasteiger partial charge in [-0.15, -0.1) is 0 Å². The minimum Gasteiger partial charge on any atom is -0.321 e. The number of benzene rings is 1. The Morgan fingerprint density at radius 3 is 2.50 bits per heavy atom. The lowest BCUT2D eigenvalue weighted by molar-refractivity contribution is -0.123. The van der Waals surface area contributed by atoms with Crippen LogP contribution in [0.3, 0.4) is 0 Å². The summed E-state index contributed by atoms with van der Waals surface area (Å²) in [6, 6.07) is 9.85. The molecule has 2 nitrogen and oxygen atoms in total. The van der Waals surface area contributed by atoms with Crippen molar-refractivity contribution in [2.24, 2.45) is 11.7 Å². The molecule has 0 aliphatic rings. The van der Waals surface area contributed by atoms with Crippen molar-refractivity contribution in [3.05, 3.63) is 35.9 Å². The molecule has 1 rings (SSSR count). The van der Waals surface area contributed by atoms with E-state index >= 15 is 0 Å². The number of carbonyl (C=O) groups is 1. The van der Waals surface area contributed by atoms with Gasteiger partial charge in [-0.2, -0.15) is 0 Å². The molecule has 0 amide bonds. The fraction of sp³-hybridized carbons (Fsp3) is 0.500. The summed E-state index contributed by atoms with van der Waals surface area (Å²) in [5.41, 5.74) is 7.14. The van der Waals surface area contributed by atoms with E-state index in [9.17, 15) is 4.79 Å². The standard InChI is InChI=1S/C14H21NO/c1-3-11(2)14(16)13(15)10-9-12-7-5-4-6-8-12/h4-8,11,13H,3,9-10,15H2,1-2H3. The van der Waals surface area contributed by atoms with Gasteiger partial charge in [0.2, 0.25) is 0 Å². The van der Waals surface area contributed by atoms with E-state index in [1.54, 1.807) is 0 Å². The normalized spacial score (nSPS) is 14.4. The van der Waals surface area contributed by atoms with Crippen LogP contribution in [-0.2, 0) is 11.2 Å². The van der Waals surface area contributed by atoms with Crippen LogP contribution in [0.4, 0.5) is 0 Å². The maximum atomic E-state index is 11.8. The zero-order valence-corrected chi connectivity index (χ0v) is 10.1. The van der Waals surface area contributed by atoms with Crippen molar-refractivity contribution in [3.63, 3.8) is 0 Å². The lowest BCUT2D eigenvalue weighted by atomic mass is 9.94. The summed E-state index contributed by atoms with van der Waals surface area (Å²) < 4.78 is 0. The topological polar surface area (TPSA) is 43.1 Å². The molecule has 2 heteroatoms. The molecule has 0 saturated heterocycles. The fourth-order valence-corrected chi connectivity index (χ4v) is 1.68. The van der Waals surface area contributed by atoms with Crippen LogP contribution in [0.15, 0.2) is 30.3 Å². The van der Waals surface area contributed by atoms with Crippen molar-refractivity contribution in [1.82, 2.24) is 0 Å². The predicted molar refractivity (Wildman–Crippen MR) is 67.2 cm³/mol. The molecule has 16 heavy (non-hydrogen) atoms. The molecule has 0 aromatic heterocycles. The van der Waals surface area contributed by atoms with E-state index in [-0.39, 0.29) is 17.7 Å². The maximum absolute atomic E-state index is 11.8. The van der Waals surface area contributed by atoms with Gasteiger partial charge in [-0.25, -0.2) is 0 Å². The van der Waals surface area contributed by atoms with Gasteiger partial charge < -0.3 is 5.73 Å². The third kappa shape index (κ3) is 3.78. The Kier molecular flexibility index (Phi) is 5.20. The van der Waals surface area contributed by atoms with Crippen LogP contribution in [0, 0.1) is 5.92 Å². The SMILES string of the molecule is CCC(C)C(=O)C(N)CCc1ccccc1. The molecule has 0 aliphatic heterocycles. The van der Waals surface area contributed by atoms with Crippen molar-refractivity contribution < 1.29 is 4.79 Å². The van der Waals surface area contributed by atoms with Gasteiger partial charge in [0.15, 0.2) is 5.78 Å². The van der Waals surface area contributed by atoms with Gasteiger partial charge in [0, 0.05) is 5.92 Å². The molecule has 0 fully saturated rings. The fourth-order valence-electron chi connectivity index (χ4n) is 1.68. The minimum atomic E-state index is -0.310. The van der Waals surface area contributed by atoms with Crippen LogP contribution in [0.1, 0.15) is 32.3 Å². The number of ketones is 1. The Balaban J connectivity index is 2.41. The number of nitrogens with two attached hydrogens (primary N) is 1. The molecule has 0 radical (unpaired) electrons. The van der Waals surface area contributed by atoms with Crippen LogP contribution in [-0.4, -0.2) is 11.8 Å². The number of aryl methyl sites for hydroxylation is 1. The number of Topliss-reactive ketones (excluding diaryl/α,β-unsaturated/α-hetero) is 1. The first-order chi connectivity index (χ1) is 7.65. The van der Waals surface area contributed by atoms with Gasteiger partial charge in [0.1, 0.15) is 0 Å². The highest BCUT2D eigenvalue weighted by Crippen LogP contribution is 2.09. The second-order valence-electron chi connectivity index (χ2n) is 4.34. The molecular weight excluding hydrogens is 198 g/mol. The molecule has 2 atom stereocenters. The highest BCUT2D eigenvalue weighted by Gasteiger charge is 2.18. The van der Waals surface area contributed by atoms with E-state index in [4.69, 9.17) is 5.73 Å². The van der Waals surface area contributed by atoms with Crippen molar-refractivity contribution >= 4 is 5.78 Å². The Bertz CT molecular complexity index is 321. The molecule has 0 aliphatic carbocycles. The first-order valence-electron chi connectivity index (χ1n) is 5.98. The third-order valence-corrected chi connectivity index (χ3v) is 3.05. The smallest absolute Gasteiger partial charge is 0.152 e. The van der Waals surface area contributed by atoms with Crippen molar-refractivity contribution in [2.45, 2.75) is 39.2 Å². The zero-order chi connectivity index (χ0) is 12.0. The van der Waals surface area contributed by atoms with Crippen LogP contribution >= 0.6 is 0 Å². The van der Waals surface area contributed by atoms with Gasteiger partial charge in [-0.1, -0.05) is 44.2 Å². The molecule has 0 saturated carbocycles. The Labute approximate surface area is 97.9 Å². The highest BCUT2D eigenvalue weighted by molar-refractivity contribution is 5.85. The molecule has 0 heterocycles. The van der Waals surface area contributed by atoms with Gasteiger partial charge in [-0.05, 0) is 24.8 Å². The van der Waals surface area contributed by atoms with Crippen LogP contribution in [0.5, 0.6) is 0 Å². The summed E-state index contributed by atoms with van der Waals surface area (Å²) in [7, 11) is 0. The second-order valence-corrected chi connectivity index (χ2v) is 4.34. The molecular formula is C14H21NO.